The molecule has 0 unspecified atom stereocenters. The van der Waals surface area contributed by atoms with Crippen molar-refractivity contribution in [2.45, 2.75) is 23.1 Å². The molecule has 0 aliphatic carbocycles. The van der Waals surface area contributed by atoms with E-state index in [1.54, 1.807) is 25.1 Å². The third-order valence-electron chi connectivity index (χ3n) is 3.26. The van der Waals surface area contributed by atoms with Crippen LogP contribution < -0.4 is 9.50 Å². The first-order valence-electron chi connectivity index (χ1n) is 7.32. The fourth-order valence-electron chi connectivity index (χ4n) is 2.02. The Kier molecular flexibility index (Phi) is 5.85. The van der Waals surface area contributed by atoms with Gasteiger partial charge in [0.2, 0.25) is 5.91 Å². The largest absolute Gasteiger partial charge is 0.379 e. The van der Waals surface area contributed by atoms with Crippen LogP contribution in [0.4, 0.5) is 5.69 Å². The summed E-state index contributed by atoms with van der Waals surface area (Å²) in [4.78, 5) is 10.6. The van der Waals surface area contributed by atoms with E-state index in [1.807, 2.05) is 0 Å². The minimum absolute atomic E-state index is 0.145. The fraction of sp³-hybridized carbons (Fsp3) is 0.125. The summed E-state index contributed by atoms with van der Waals surface area (Å²) in [7, 11) is -9.06. The van der Waals surface area contributed by atoms with Gasteiger partial charge in [0.1, 0.15) is 22.0 Å². The Morgan fingerprint density at radius 1 is 1.15 bits per heavy atom. The average molecular weight is 410 g/mol. The molecule has 142 valence electrons. The van der Waals surface area contributed by atoms with Gasteiger partial charge in [-0.25, -0.2) is 0 Å². The lowest BCUT2D eigenvalue weighted by Crippen LogP contribution is -2.14. The van der Waals surface area contributed by atoms with Crippen LogP contribution in [0.3, 0.4) is 0 Å². The van der Waals surface area contributed by atoms with Crippen LogP contribution in [0.15, 0.2) is 52.3 Å². The lowest BCUT2D eigenvalue weighted by atomic mass is 10.2. The highest BCUT2D eigenvalue weighted by Crippen LogP contribution is 2.28. The molecule has 0 aliphatic rings. The Balaban J connectivity index is 2.40. The van der Waals surface area contributed by atoms with E-state index >= 15 is 0 Å². The van der Waals surface area contributed by atoms with Gasteiger partial charge in [0, 0.05) is 6.07 Å². The number of nitriles is 1. The molecule has 0 bridgehead atoms. The van der Waals surface area contributed by atoms with Crippen molar-refractivity contribution in [1.82, 2.24) is 0 Å². The zero-order chi connectivity index (χ0) is 20.2. The number of aryl methyl sites for hydroxylation is 1. The second-order valence-corrected chi connectivity index (χ2v) is 8.30. The minimum atomic E-state index is -4.81. The molecule has 0 aliphatic heterocycles. The summed E-state index contributed by atoms with van der Waals surface area (Å²) in [5.74, 6) is -1.19. The molecule has 1 amide bonds. The van der Waals surface area contributed by atoms with E-state index in [0.29, 0.717) is 0 Å². The number of anilines is 1. The van der Waals surface area contributed by atoms with Crippen molar-refractivity contribution in [3.05, 3.63) is 48.0 Å². The van der Waals surface area contributed by atoms with Crippen LogP contribution in [0.2, 0.25) is 0 Å². The lowest BCUT2D eigenvalue weighted by Gasteiger charge is -2.11. The molecule has 0 heterocycles. The monoisotopic (exact) mass is 410 g/mol. The van der Waals surface area contributed by atoms with Crippen molar-refractivity contribution in [2.24, 2.45) is 0 Å². The molecule has 0 aromatic heterocycles. The normalized spacial score (nSPS) is 11.4. The third-order valence-corrected chi connectivity index (χ3v) is 5.42. The van der Waals surface area contributed by atoms with E-state index < -0.39 is 37.5 Å². The van der Waals surface area contributed by atoms with Crippen LogP contribution in [-0.2, 0) is 25.0 Å². The van der Waals surface area contributed by atoms with E-state index in [-0.39, 0.29) is 16.3 Å². The predicted octanol–water partition coefficient (Wildman–Crippen LogP) is 1.86. The number of carbonyl (C=O) groups is 1. The van der Waals surface area contributed by atoms with E-state index in [0.717, 1.165) is 23.8 Å². The first kappa shape index (κ1) is 20.4. The molecule has 0 spiro atoms. The van der Waals surface area contributed by atoms with Gasteiger partial charge in [-0.3, -0.25) is 9.35 Å². The van der Waals surface area contributed by atoms with Crippen molar-refractivity contribution in [3.63, 3.8) is 0 Å². The van der Waals surface area contributed by atoms with Crippen LogP contribution in [0.1, 0.15) is 12.0 Å². The first-order chi connectivity index (χ1) is 12.5. The molecule has 0 atom stereocenters. The Morgan fingerprint density at radius 2 is 1.78 bits per heavy atom. The number of benzene rings is 2. The summed E-state index contributed by atoms with van der Waals surface area (Å²) in [6, 6.07) is 10.3. The van der Waals surface area contributed by atoms with Crippen LogP contribution in [0.5, 0.6) is 5.75 Å². The van der Waals surface area contributed by atoms with Gasteiger partial charge >= 0.3 is 10.1 Å². The maximum absolute atomic E-state index is 12.3. The van der Waals surface area contributed by atoms with Gasteiger partial charge in [-0.05, 0) is 31.2 Å². The second-order valence-electron chi connectivity index (χ2n) is 5.37. The van der Waals surface area contributed by atoms with Gasteiger partial charge in [-0.1, -0.05) is 17.7 Å². The third kappa shape index (κ3) is 5.27. The molecule has 0 saturated carbocycles. The standard InChI is InChI=1S/C16H14N2O7S2/c1-11-2-5-13(6-3-11)27(23,24)25-12-4-7-14(18-16(19)8-9-17)15(10-12)26(20,21)22/h2-7,10H,8H2,1H3,(H,18,19)(H,20,21,22). The van der Waals surface area contributed by atoms with E-state index in [4.69, 9.17) is 9.44 Å². The number of amides is 1. The van der Waals surface area contributed by atoms with Gasteiger partial charge in [0.05, 0.1) is 11.8 Å². The molecule has 2 rings (SSSR count). The summed E-state index contributed by atoms with van der Waals surface area (Å²) in [6.07, 6.45) is -0.537. The Hall–Kier alpha value is -2.94. The topological polar surface area (TPSA) is 151 Å². The van der Waals surface area contributed by atoms with Gasteiger partial charge in [0.25, 0.3) is 10.1 Å². The zero-order valence-corrected chi connectivity index (χ0v) is 15.5. The molecule has 9 nitrogen and oxygen atoms in total. The van der Waals surface area contributed by atoms with Crippen molar-refractivity contribution in [1.29, 1.82) is 5.26 Å². The quantitative estimate of drug-likeness (QED) is 0.541. The fourth-order valence-corrected chi connectivity index (χ4v) is 3.60. The molecular weight excluding hydrogens is 396 g/mol. The summed E-state index contributed by atoms with van der Waals surface area (Å²) in [5, 5.41) is 10.6. The lowest BCUT2D eigenvalue weighted by molar-refractivity contribution is -0.115. The van der Waals surface area contributed by atoms with Crippen molar-refractivity contribution >= 4 is 31.8 Å². The maximum Gasteiger partial charge on any atom is 0.339 e. The van der Waals surface area contributed by atoms with Gasteiger partial charge < -0.3 is 9.50 Å². The highest BCUT2D eigenvalue weighted by Gasteiger charge is 2.22. The van der Waals surface area contributed by atoms with Crippen LogP contribution in [-0.4, -0.2) is 27.3 Å². The molecule has 2 aromatic carbocycles. The Morgan fingerprint density at radius 3 is 2.33 bits per heavy atom. The van der Waals surface area contributed by atoms with E-state index in [2.05, 4.69) is 5.32 Å². The zero-order valence-electron chi connectivity index (χ0n) is 13.9. The number of nitrogens with zero attached hydrogens (tertiary/aromatic N) is 1. The summed E-state index contributed by atoms with van der Waals surface area (Å²) in [5.41, 5.74) is 0.512. The molecule has 27 heavy (non-hydrogen) atoms. The van der Waals surface area contributed by atoms with E-state index in [9.17, 15) is 26.2 Å². The Bertz CT molecular complexity index is 1120. The maximum atomic E-state index is 12.3. The van der Waals surface area contributed by atoms with Crippen LogP contribution >= 0.6 is 0 Å². The highest BCUT2D eigenvalue weighted by molar-refractivity contribution is 7.87. The van der Waals surface area contributed by atoms with E-state index in [1.165, 1.54) is 12.1 Å². The average Bonchev–Trinajstić information content (AvgIpc) is 2.55. The highest BCUT2D eigenvalue weighted by atomic mass is 32.2. The van der Waals surface area contributed by atoms with Crippen molar-refractivity contribution in [3.8, 4) is 11.8 Å². The number of carbonyl (C=O) groups excluding carboxylic acids is 1. The molecule has 0 radical (unpaired) electrons. The SMILES string of the molecule is Cc1ccc(S(=O)(=O)Oc2ccc(NC(=O)CC#N)c(S(=O)(=O)O)c2)cc1. The molecule has 0 saturated heterocycles. The number of hydrogen-bond acceptors (Lipinski definition) is 7. The van der Waals surface area contributed by atoms with Crippen LogP contribution in [0.25, 0.3) is 0 Å². The molecule has 11 heteroatoms. The molecule has 2 N–H and O–H groups in total. The predicted molar refractivity (Wildman–Crippen MR) is 94.1 cm³/mol. The van der Waals surface area contributed by atoms with Crippen molar-refractivity contribution < 1.29 is 30.4 Å². The summed E-state index contributed by atoms with van der Waals surface area (Å²) in [6.45, 7) is 1.77. The van der Waals surface area contributed by atoms with Gasteiger partial charge in [0.15, 0.2) is 0 Å². The van der Waals surface area contributed by atoms with Crippen molar-refractivity contribution in [2.75, 3.05) is 5.32 Å². The molecule has 2 aromatic rings. The number of hydrogen-bond donors (Lipinski definition) is 2. The second kappa shape index (κ2) is 7.75. The summed E-state index contributed by atoms with van der Waals surface area (Å²) >= 11 is 0. The first-order valence-corrected chi connectivity index (χ1v) is 10.2. The minimum Gasteiger partial charge on any atom is -0.379 e. The molecular formula is C16H14N2O7S2. The molecule has 0 fully saturated rings. The Labute approximate surface area is 156 Å². The number of nitrogens with one attached hydrogen (secondary N) is 1. The van der Waals surface area contributed by atoms with Gasteiger partial charge in [-0.15, -0.1) is 0 Å². The summed E-state index contributed by atoms with van der Waals surface area (Å²) < 4.78 is 61.9. The van der Waals surface area contributed by atoms with Gasteiger partial charge in [-0.2, -0.15) is 22.1 Å². The smallest absolute Gasteiger partial charge is 0.339 e. The van der Waals surface area contributed by atoms with Crippen LogP contribution in [0, 0.1) is 18.3 Å². The number of rotatable bonds is 6.